The second-order valence-electron chi connectivity index (χ2n) is 5.22. The number of hydrazone groups is 1. The molecule has 0 radical (unpaired) electrons. The molecule has 0 unspecified atom stereocenters. The molecule has 5 nitrogen and oxygen atoms in total. The zero-order chi connectivity index (χ0) is 19.2. The van der Waals surface area contributed by atoms with E-state index in [1.54, 1.807) is 30.3 Å². The highest BCUT2D eigenvalue weighted by molar-refractivity contribution is 7.99. The summed E-state index contributed by atoms with van der Waals surface area (Å²) in [6.07, 6.45) is 1.31. The number of hydrogen-bond acceptors (Lipinski definition) is 5. The molecule has 0 aliphatic heterocycles. The molecule has 0 spiro atoms. The van der Waals surface area contributed by atoms with Crippen molar-refractivity contribution in [3.05, 3.63) is 82.3 Å². The standard InChI is InChI=1S/C19H11ClFN3O2S/c20-13-2-5-15(6-3-13)27-18-8-4-14(26-18)11-23-24-19(25)16-7-1-12(10-22)9-17(16)21/h1-9,11H,(H,24,25)/b23-11-. The number of carbonyl (C=O) groups is 1. The summed E-state index contributed by atoms with van der Waals surface area (Å²) in [5, 5.41) is 13.8. The maximum atomic E-state index is 13.8. The van der Waals surface area contributed by atoms with Crippen LogP contribution in [-0.4, -0.2) is 12.1 Å². The van der Waals surface area contributed by atoms with Crippen LogP contribution in [0.4, 0.5) is 4.39 Å². The molecule has 0 saturated heterocycles. The fourth-order valence-corrected chi connectivity index (χ4v) is 2.97. The Balaban J connectivity index is 1.60. The number of amides is 1. The first-order chi connectivity index (χ1) is 13.0. The summed E-state index contributed by atoms with van der Waals surface area (Å²) in [6, 6.07) is 16.1. The van der Waals surface area contributed by atoms with E-state index in [2.05, 4.69) is 10.5 Å². The van der Waals surface area contributed by atoms with Gasteiger partial charge in [-0.15, -0.1) is 0 Å². The first kappa shape index (κ1) is 18.7. The average Bonchev–Trinajstić information content (AvgIpc) is 3.10. The number of furan rings is 1. The van der Waals surface area contributed by atoms with Crippen LogP contribution >= 0.6 is 23.4 Å². The molecule has 8 heteroatoms. The molecule has 27 heavy (non-hydrogen) atoms. The number of rotatable bonds is 5. The van der Waals surface area contributed by atoms with Crippen molar-refractivity contribution < 1.29 is 13.6 Å². The highest BCUT2D eigenvalue weighted by Crippen LogP contribution is 2.29. The molecule has 0 bridgehead atoms. The van der Waals surface area contributed by atoms with Crippen molar-refractivity contribution in [2.24, 2.45) is 5.10 Å². The maximum Gasteiger partial charge on any atom is 0.274 e. The van der Waals surface area contributed by atoms with Gasteiger partial charge in [-0.1, -0.05) is 23.4 Å². The zero-order valence-electron chi connectivity index (χ0n) is 13.6. The predicted octanol–water partition coefficient (Wildman–Crippen LogP) is 4.86. The molecule has 2 aromatic carbocycles. The number of nitriles is 1. The zero-order valence-corrected chi connectivity index (χ0v) is 15.2. The van der Waals surface area contributed by atoms with Crippen molar-refractivity contribution in [1.29, 1.82) is 5.26 Å². The smallest absolute Gasteiger partial charge is 0.274 e. The van der Waals surface area contributed by atoms with Crippen molar-refractivity contribution >= 4 is 35.5 Å². The Morgan fingerprint density at radius 3 is 2.70 bits per heavy atom. The van der Waals surface area contributed by atoms with Crippen LogP contribution in [0.1, 0.15) is 21.7 Å². The average molecular weight is 400 g/mol. The number of halogens is 2. The largest absolute Gasteiger partial charge is 0.448 e. The summed E-state index contributed by atoms with van der Waals surface area (Å²) in [4.78, 5) is 12.9. The van der Waals surface area contributed by atoms with E-state index in [-0.39, 0.29) is 11.1 Å². The van der Waals surface area contributed by atoms with Crippen LogP contribution < -0.4 is 5.43 Å². The third-order valence-corrected chi connectivity index (χ3v) is 4.52. The van der Waals surface area contributed by atoms with Gasteiger partial charge in [0.25, 0.3) is 5.91 Å². The van der Waals surface area contributed by atoms with Crippen LogP contribution in [0.3, 0.4) is 0 Å². The maximum absolute atomic E-state index is 13.8. The van der Waals surface area contributed by atoms with E-state index in [9.17, 15) is 9.18 Å². The van der Waals surface area contributed by atoms with Gasteiger partial charge >= 0.3 is 0 Å². The first-order valence-corrected chi connectivity index (χ1v) is 8.81. The quantitative estimate of drug-likeness (QED) is 0.491. The van der Waals surface area contributed by atoms with Crippen molar-refractivity contribution in [2.75, 3.05) is 0 Å². The molecule has 0 atom stereocenters. The summed E-state index contributed by atoms with van der Waals surface area (Å²) in [6.45, 7) is 0. The lowest BCUT2D eigenvalue weighted by Crippen LogP contribution is -2.19. The van der Waals surface area contributed by atoms with Crippen LogP contribution in [0.2, 0.25) is 5.02 Å². The summed E-state index contributed by atoms with van der Waals surface area (Å²) in [5.41, 5.74) is 2.15. The molecule has 1 amide bonds. The van der Waals surface area contributed by atoms with Gasteiger partial charge in [-0.05, 0) is 54.6 Å². The highest BCUT2D eigenvalue weighted by Gasteiger charge is 2.11. The molecular weight excluding hydrogens is 389 g/mol. The number of hydrogen-bond donors (Lipinski definition) is 1. The number of carbonyl (C=O) groups excluding carboxylic acids is 1. The van der Waals surface area contributed by atoms with Crippen LogP contribution in [0.5, 0.6) is 0 Å². The van der Waals surface area contributed by atoms with Crippen LogP contribution in [0, 0.1) is 17.1 Å². The fourth-order valence-electron chi connectivity index (χ4n) is 2.06. The predicted molar refractivity (Wildman–Crippen MR) is 100 cm³/mol. The van der Waals surface area contributed by atoms with Gasteiger partial charge in [-0.2, -0.15) is 10.4 Å². The lowest BCUT2D eigenvalue weighted by atomic mass is 10.1. The van der Waals surface area contributed by atoms with E-state index in [4.69, 9.17) is 21.3 Å². The van der Waals surface area contributed by atoms with E-state index >= 15 is 0 Å². The van der Waals surface area contributed by atoms with Gasteiger partial charge in [0.1, 0.15) is 11.6 Å². The highest BCUT2D eigenvalue weighted by atomic mass is 35.5. The first-order valence-electron chi connectivity index (χ1n) is 7.61. The van der Waals surface area contributed by atoms with Gasteiger partial charge in [0.15, 0.2) is 5.09 Å². The van der Waals surface area contributed by atoms with E-state index in [1.165, 1.54) is 30.1 Å². The van der Waals surface area contributed by atoms with Gasteiger partial charge < -0.3 is 4.42 Å². The Kier molecular flexibility index (Phi) is 5.91. The van der Waals surface area contributed by atoms with E-state index in [0.717, 1.165) is 11.0 Å². The minimum absolute atomic E-state index is 0.133. The van der Waals surface area contributed by atoms with E-state index in [0.29, 0.717) is 15.9 Å². The third kappa shape index (κ3) is 4.97. The molecule has 0 fully saturated rings. The molecule has 3 aromatic rings. The second-order valence-corrected chi connectivity index (χ2v) is 6.73. The molecule has 0 saturated carbocycles. The van der Waals surface area contributed by atoms with Crippen molar-refractivity contribution in [3.8, 4) is 6.07 Å². The van der Waals surface area contributed by atoms with Crippen molar-refractivity contribution in [1.82, 2.24) is 5.43 Å². The summed E-state index contributed by atoms with van der Waals surface area (Å²) >= 11 is 7.26. The molecule has 1 aromatic heterocycles. The molecule has 134 valence electrons. The van der Waals surface area contributed by atoms with Crippen LogP contribution in [0.25, 0.3) is 0 Å². The Bertz CT molecular complexity index is 1040. The van der Waals surface area contributed by atoms with Gasteiger partial charge in [-0.25, -0.2) is 9.82 Å². The normalized spacial score (nSPS) is 10.7. The number of nitrogens with one attached hydrogen (secondary N) is 1. The molecule has 3 rings (SSSR count). The Labute approximate surface area is 163 Å². The monoisotopic (exact) mass is 399 g/mol. The molecule has 0 aliphatic carbocycles. The van der Waals surface area contributed by atoms with Crippen molar-refractivity contribution in [2.45, 2.75) is 9.99 Å². The Morgan fingerprint density at radius 1 is 1.22 bits per heavy atom. The summed E-state index contributed by atoms with van der Waals surface area (Å²) < 4.78 is 19.4. The minimum atomic E-state index is -0.790. The van der Waals surface area contributed by atoms with Gasteiger partial charge in [0.2, 0.25) is 0 Å². The SMILES string of the molecule is N#Cc1ccc(C(=O)N/N=C\c2ccc(Sc3ccc(Cl)cc3)o2)c(F)c1. The topological polar surface area (TPSA) is 78.4 Å². The Hall–Kier alpha value is -3.08. The molecule has 1 heterocycles. The van der Waals surface area contributed by atoms with E-state index in [1.807, 2.05) is 12.1 Å². The number of benzene rings is 2. The lowest BCUT2D eigenvalue weighted by molar-refractivity contribution is 0.0951. The summed E-state index contributed by atoms with van der Waals surface area (Å²) in [5.74, 6) is -1.09. The third-order valence-electron chi connectivity index (χ3n) is 3.33. The molecule has 0 aliphatic rings. The number of nitrogens with zero attached hydrogens (tertiary/aromatic N) is 2. The van der Waals surface area contributed by atoms with Crippen molar-refractivity contribution in [3.63, 3.8) is 0 Å². The van der Waals surface area contributed by atoms with Crippen LogP contribution in [-0.2, 0) is 0 Å². The molecule has 1 N–H and O–H groups in total. The van der Waals surface area contributed by atoms with Gasteiger partial charge in [-0.3, -0.25) is 4.79 Å². The van der Waals surface area contributed by atoms with Gasteiger partial charge in [0, 0.05) is 9.92 Å². The van der Waals surface area contributed by atoms with Gasteiger partial charge in [0.05, 0.1) is 23.4 Å². The lowest BCUT2D eigenvalue weighted by Gasteiger charge is -2.01. The fraction of sp³-hybridized carbons (Fsp3) is 0. The molecular formula is C19H11ClFN3O2S. The summed E-state index contributed by atoms with van der Waals surface area (Å²) in [7, 11) is 0. The minimum Gasteiger partial charge on any atom is -0.448 e. The second kappa shape index (κ2) is 8.54. The Morgan fingerprint density at radius 2 is 2.00 bits per heavy atom. The van der Waals surface area contributed by atoms with Crippen LogP contribution in [0.15, 0.2) is 74.1 Å². The van der Waals surface area contributed by atoms with E-state index < -0.39 is 11.7 Å².